The second-order valence-electron chi connectivity index (χ2n) is 5.01. The van der Waals surface area contributed by atoms with Crippen molar-refractivity contribution >= 4 is 17.2 Å². The first kappa shape index (κ1) is 11.3. The molecular formula is C16H13N2O2. The van der Waals surface area contributed by atoms with Gasteiger partial charge in [-0.25, -0.2) is 0 Å². The molecule has 0 bridgehead atoms. The van der Waals surface area contributed by atoms with Gasteiger partial charge in [-0.05, 0) is 18.2 Å². The highest BCUT2D eigenvalue weighted by atomic mass is 16.3. The zero-order valence-electron chi connectivity index (χ0n) is 10.9. The number of carbonyl (C=O) groups excluding carboxylic acids is 1. The Morgan fingerprint density at radius 2 is 2.10 bits per heavy atom. The van der Waals surface area contributed by atoms with E-state index >= 15 is 0 Å². The number of hydrogen-bond acceptors (Lipinski definition) is 2. The van der Waals surface area contributed by atoms with Crippen molar-refractivity contribution in [2.24, 2.45) is 0 Å². The van der Waals surface area contributed by atoms with Gasteiger partial charge in [0.1, 0.15) is 0 Å². The molecular weight excluding hydrogens is 252 g/mol. The number of rotatable bonds is 1. The molecule has 2 aromatic rings. The molecule has 2 aliphatic heterocycles. The molecule has 0 saturated carbocycles. The first-order valence-electron chi connectivity index (χ1n) is 6.69. The van der Waals surface area contributed by atoms with Crippen LogP contribution in [0.5, 0.6) is 0 Å². The van der Waals surface area contributed by atoms with Gasteiger partial charge in [0.25, 0.3) is 5.91 Å². The van der Waals surface area contributed by atoms with E-state index in [1.807, 2.05) is 23.1 Å². The standard InChI is InChI=1S/C16H13N2O2/c19-16(15-6-3-9-20-15)18-8-7-14-12(10-18)11-4-1-2-5-13(11)17-14/h1-6,9H,7-8,10H2. The third-order valence-electron chi connectivity index (χ3n) is 3.82. The zero-order valence-corrected chi connectivity index (χ0v) is 10.9. The van der Waals surface area contributed by atoms with Crippen molar-refractivity contribution in [3.05, 3.63) is 59.7 Å². The summed E-state index contributed by atoms with van der Waals surface area (Å²) in [5.74, 6) is 0.350. The van der Waals surface area contributed by atoms with Crippen LogP contribution in [0.3, 0.4) is 0 Å². The lowest BCUT2D eigenvalue weighted by atomic mass is 10.0. The summed E-state index contributed by atoms with van der Waals surface area (Å²) in [4.78, 5) is 14.2. The zero-order chi connectivity index (χ0) is 13.5. The number of fused-ring (bicyclic) bond motifs is 2. The highest BCUT2D eigenvalue weighted by Crippen LogP contribution is 2.38. The maximum absolute atomic E-state index is 12.3. The molecule has 0 atom stereocenters. The van der Waals surface area contributed by atoms with Crippen molar-refractivity contribution in [2.45, 2.75) is 6.42 Å². The molecule has 3 heterocycles. The monoisotopic (exact) mass is 265 g/mol. The average molecular weight is 265 g/mol. The highest BCUT2D eigenvalue weighted by Gasteiger charge is 2.31. The van der Waals surface area contributed by atoms with Crippen LogP contribution in [0.1, 0.15) is 22.5 Å². The van der Waals surface area contributed by atoms with Crippen LogP contribution < -0.4 is 5.32 Å². The minimum Gasteiger partial charge on any atom is -0.459 e. The van der Waals surface area contributed by atoms with Gasteiger partial charge in [-0.1, -0.05) is 18.2 Å². The summed E-state index contributed by atoms with van der Waals surface area (Å²) in [6, 6.07) is 11.5. The minimum absolute atomic E-state index is 0.0501. The molecule has 1 aromatic heterocycles. The molecule has 4 rings (SSSR count). The fourth-order valence-electron chi connectivity index (χ4n) is 2.82. The molecule has 1 radical (unpaired) electrons. The molecule has 0 saturated heterocycles. The number of amides is 1. The summed E-state index contributed by atoms with van der Waals surface area (Å²) in [7, 11) is 0. The van der Waals surface area contributed by atoms with Crippen molar-refractivity contribution < 1.29 is 9.21 Å². The van der Waals surface area contributed by atoms with Crippen molar-refractivity contribution in [1.29, 1.82) is 0 Å². The Balaban J connectivity index is 1.63. The van der Waals surface area contributed by atoms with Gasteiger partial charge in [-0.2, -0.15) is 0 Å². The van der Waals surface area contributed by atoms with Crippen molar-refractivity contribution in [1.82, 2.24) is 10.2 Å². The van der Waals surface area contributed by atoms with Gasteiger partial charge in [0.05, 0.1) is 12.0 Å². The van der Waals surface area contributed by atoms with Gasteiger partial charge >= 0.3 is 0 Å². The topological polar surface area (TPSA) is 47.6 Å². The van der Waals surface area contributed by atoms with Crippen molar-refractivity contribution in [2.75, 3.05) is 13.1 Å². The van der Waals surface area contributed by atoms with Crippen LogP contribution in [-0.4, -0.2) is 23.9 Å². The molecule has 0 spiro atoms. The largest absolute Gasteiger partial charge is 0.459 e. The maximum Gasteiger partial charge on any atom is 0.289 e. The van der Waals surface area contributed by atoms with Gasteiger partial charge in [-0.3, -0.25) is 10.1 Å². The van der Waals surface area contributed by atoms with E-state index in [0.717, 1.165) is 23.4 Å². The lowest BCUT2D eigenvalue weighted by Gasteiger charge is -2.27. The van der Waals surface area contributed by atoms with E-state index in [4.69, 9.17) is 4.42 Å². The van der Waals surface area contributed by atoms with Gasteiger partial charge in [-0.15, -0.1) is 0 Å². The molecule has 4 nitrogen and oxygen atoms in total. The Morgan fingerprint density at radius 1 is 1.20 bits per heavy atom. The van der Waals surface area contributed by atoms with Gasteiger partial charge in [0.2, 0.25) is 0 Å². The highest BCUT2D eigenvalue weighted by molar-refractivity contribution is 5.94. The van der Waals surface area contributed by atoms with Crippen LogP contribution >= 0.6 is 0 Å². The first-order chi connectivity index (χ1) is 9.83. The van der Waals surface area contributed by atoms with Crippen LogP contribution in [0.15, 0.2) is 52.8 Å². The Morgan fingerprint density at radius 3 is 2.95 bits per heavy atom. The number of benzene rings is 1. The van der Waals surface area contributed by atoms with Crippen LogP contribution in [0.4, 0.5) is 5.69 Å². The normalized spacial score (nSPS) is 16.7. The fraction of sp³-hybridized carbons (Fsp3) is 0.188. The number of carbonyl (C=O) groups is 1. The second-order valence-corrected chi connectivity index (χ2v) is 5.01. The minimum atomic E-state index is -0.0501. The molecule has 0 aliphatic carbocycles. The van der Waals surface area contributed by atoms with Crippen LogP contribution in [0.25, 0.3) is 5.57 Å². The quantitative estimate of drug-likeness (QED) is 0.796. The fourth-order valence-corrected chi connectivity index (χ4v) is 2.82. The second kappa shape index (κ2) is 4.27. The summed E-state index contributed by atoms with van der Waals surface area (Å²) in [6.07, 6.45) is 2.33. The predicted octanol–water partition coefficient (Wildman–Crippen LogP) is 2.79. The summed E-state index contributed by atoms with van der Waals surface area (Å²) < 4.78 is 5.20. The Labute approximate surface area is 116 Å². The summed E-state index contributed by atoms with van der Waals surface area (Å²) in [5.41, 5.74) is 4.46. The van der Waals surface area contributed by atoms with Crippen molar-refractivity contribution in [3.63, 3.8) is 0 Å². The number of nitrogens with zero attached hydrogens (tertiary/aromatic N) is 2. The molecule has 0 fully saturated rings. The molecule has 2 aliphatic rings. The van der Waals surface area contributed by atoms with E-state index in [1.165, 1.54) is 11.8 Å². The molecule has 4 heteroatoms. The number of hydrogen-bond donors (Lipinski definition) is 0. The van der Waals surface area contributed by atoms with Crippen molar-refractivity contribution in [3.8, 4) is 0 Å². The van der Waals surface area contributed by atoms with Gasteiger partial charge in [0, 0.05) is 36.3 Å². The summed E-state index contributed by atoms with van der Waals surface area (Å²) >= 11 is 0. The van der Waals surface area contributed by atoms with Gasteiger partial charge in [0.15, 0.2) is 5.76 Å². The van der Waals surface area contributed by atoms with Crippen LogP contribution in [0, 0.1) is 0 Å². The lowest BCUT2D eigenvalue weighted by Crippen LogP contribution is -2.36. The van der Waals surface area contributed by atoms with Crippen LogP contribution in [0.2, 0.25) is 0 Å². The van der Waals surface area contributed by atoms with Gasteiger partial charge < -0.3 is 9.32 Å². The molecule has 1 aromatic carbocycles. The molecule has 99 valence electrons. The van der Waals surface area contributed by atoms with E-state index in [9.17, 15) is 4.79 Å². The summed E-state index contributed by atoms with van der Waals surface area (Å²) in [5, 5.41) is 4.65. The number of para-hydroxylation sites is 1. The smallest absolute Gasteiger partial charge is 0.289 e. The van der Waals surface area contributed by atoms with E-state index in [1.54, 1.807) is 12.1 Å². The first-order valence-corrected chi connectivity index (χ1v) is 6.69. The summed E-state index contributed by atoms with van der Waals surface area (Å²) in [6.45, 7) is 1.30. The van der Waals surface area contributed by atoms with E-state index in [0.29, 0.717) is 18.8 Å². The SMILES string of the molecule is O=C(c1ccco1)N1CCC2=C(C1)c1ccccc1[N]2. The predicted molar refractivity (Wildman–Crippen MR) is 74.4 cm³/mol. The third-order valence-corrected chi connectivity index (χ3v) is 3.82. The lowest BCUT2D eigenvalue weighted by molar-refractivity contribution is 0.0741. The van der Waals surface area contributed by atoms with E-state index < -0.39 is 0 Å². The van der Waals surface area contributed by atoms with E-state index in [2.05, 4.69) is 11.4 Å². The Kier molecular flexibility index (Phi) is 2.42. The molecule has 1 amide bonds. The van der Waals surface area contributed by atoms with Crippen LogP contribution in [-0.2, 0) is 0 Å². The molecule has 0 unspecified atom stereocenters. The van der Waals surface area contributed by atoms with E-state index in [-0.39, 0.29) is 5.91 Å². The molecule has 20 heavy (non-hydrogen) atoms. The molecule has 0 N–H and O–H groups in total. The third kappa shape index (κ3) is 1.65. The average Bonchev–Trinajstić information content (AvgIpc) is 3.13. The Hall–Kier alpha value is -2.49. The Bertz CT molecular complexity index is 701. The maximum atomic E-state index is 12.3. The number of furan rings is 1.